The van der Waals surface area contributed by atoms with Gasteiger partial charge in [-0.05, 0) is 49.2 Å². The van der Waals surface area contributed by atoms with Gasteiger partial charge in [0, 0.05) is 36.1 Å². The van der Waals surface area contributed by atoms with Crippen LogP contribution in [0.2, 0.25) is 0 Å². The molecular formula is C22H25N3. The van der Waals surface area contributed by atoms with Gasteiger partial charge >= 0.3 is 0 Å². The third-order valence-corrected chi connectivity index (χ3v) is 4.36. The lowest BCUT2D eigenvalue weighted by Crippen LogP contribution is -2.22. The molecule has 0 fully saturated rings. The lowest BCUT2D eigenvalue weighted by Gasteiger charge is -2.13. The van der Waals surface area contributed by atoms with Gasteiger partial charge in [-0.1, -0.05) is 43.3 Å². The van der Waals surface area contributed by atoms with Gasteiger partial charge in [0.2, 0.25) is 0 Å². The summed E-state index contributed by atoms with van der Waals surface area (Å²) in [6.45, 7) is 4.20. The molecule has 1 N–H and O–H groups in total. The van der Waals surface area contributed by atoms with E-state index in [9.17, 15) is 0 Å². The van der Waals surface area contributed by atoms with Crippen molar-refractivity contribution in [2.75, 3.05) is 13.1 Å². The molecule has 3 rings (SSSR count). The molecular weight excluding hydrogens is 306 g/mol. The zero-order valence-corrected chi connectivity index (χ0v) is 14.7. The summed E-state index contributed by atoms with van der Waals surface area (Å²) in [5.41, 5.74) is 4.56. The molecule has 3 nitrogen and oxygen atoms in total. The van der Waals surface area contributed by atoms with Crippen LogP contribution in [-0.2, 0) is 6.42 Å². The first kappa shape index (κ1) is 17.3. The fourth-order valence-corrected chi connectivity index (χ4v) is 2.87. The molecule has 0 bridgehead atoms. The van der Waals surface area contributed by atoms with E-state index in [0.717, 1.165) is 42.9 Å². The fraction of sp³-hybridized carbons (Fsp3) is 0.273. The first-order chi connectivity index (χ1) is 12.3. The standard InChI is InChI=1S/C22H25N3/c1-18(16-23-14-7-10-19-8-3-2-4-9-19)21-13-12-20(17-25-21)22-11-5-6-15-24-22/h2-6,8-9,11-13,15,17-18,23H,7,10,14,16H2,1H3. The number of hydrogen-bond donors (Lipinski definition) is 1. The van der Waals surface area contributed by atoms with Crippen molar-refractivity contribution in [3.05, 3.63) is 84.3 Å². The number of aryl methyl sites for hydroxylation is 1. The third-order valence-electron chi connectivity index (χ3n) is 4.36. The largest absolute Gasteiger partial charge is 0.316 e. The predicted octanol–water partition coefficient (Wildman–Crippen LogP) is 4.47. The average Bonchev–Trinajstić information content (AvgIpc) is 2.69. The van der Waals surface area contributed by atoms with E-state index < -0.39 is 0 Å². The van der Waals surface area contributed by atoms with E-state index in [1.54, 1.807) is 0 Å². The zero-order valence-electron chi connectivity index (χ0n) is 14.7. The summed E-state index contributed by atoms with van der Waals surface area (Å²) in [6, 6.07) is 20.8. The Balaban J connectivity index is 1.43. The van der Waals surface area contributed by atoms with Crippen molar-refractivity contribution >= 4 is 0 Å². The number of hydrogen-bond acceptors (Lipinski definition) is 3. The SMILES string of the molecule is CC(CNCCCc1ccccc1)c1ccc(-c2ccccn2)cn1. The highest BCUT2D eigenvalue weighted by Gasteiger charge is 2.07. The van der Waals surface area contributed by atoms with Crippen LogP contribution in [0.1, 0.15) is 30.5 Å². The van der Waals surface area contributed by atoms with Crippen molar-refractivity contribution in [3.8, 4) is 11.3 Å². The number of pyridine rings is 2. The lowest BCUT2D eigenvalue weighted by atomic mass is 10.1. The quantitative estimate of drug-likeness (QED) is 0.619. The van der Waals surface area contributed by atoms with Crippen molar-refractivity contribution in [3.63, 3.8) is 0 Å². The second-order valence-electron chi connectivity index (χ2n) is 6.38. The minimum absolute atomic E-state index is 0.398. The smallest absolute Gasteiger partial charge is 0.0717 e. The summed E-state index contributed by atoms with van der Waals surface area (Å²) in [7, 11) is 0. The maximum atomic E-state index is 4.62. The molecule has 0 saturated heterocycles. The molecule has 0 saturated carbocycles. The van der Waals surface area contributed by atoms with Crippen molar-refractivity contribution in [2.24, 2.45) is 0 Å². The van der Waals surface area contributed by atoms with Crippen molar-refractivity contribution in [1.82, 2.24) is 15.3 Å². The van der Waals surface area contributed by atoms with Crippen LogP contribution in [0.4, 0.5) is 0 Å². The van der Waals surface area contributed by atoms with E-state index >= 15 is 0 Å². The van der Waals surface area contributed by atoms with Crippen LogP contribution in [0.15, 0.2) is 73.1 Å². The third kappa shape index (κ3) is 5.23. The normalized spacial score (nSPS) is 12.0. The summed E-state index contributed by atoms with van der Waals surface area (Å²) in [6.07, 6.45) is 6.01. The molecule has 0 radical (unpaired) electrons. The Kier molecular flexibility index (Phi) is 6.29. The van der Waals surface area contributed by atoms with Crippen LogP contribution < -0.4 is 5.32 Å². The number of aromatic nitrogens is 2. The zero-order chi connectivity index (χ0) is 17.3. The Morgan fingerprint density at radius 3 is 2.48 bits per heavy atom. The second-order valence-corrected chi connectivity index (χ2v) is 6.38. The van der Waals surface area contributed by atoms with E-state index in [2.05, 4.69) is 64.7 Å². The van der Waals surface area contributed by atoms with Crippen LogP contribution in [0.3, 0.4) is 0 Å². The second kappa shape index (κ2) is 9.09. The minimum atomic E-state index is 0.398. The highest BCUT2D eigenvalue weighted by molar-refractivity contribution is 5.57. The van der Waals surface area contributed by atoms with Gasteiger partial charge in [-0.25, -0.2) is 0 Å². The van der Waals surface area contributed by atoms with Gasteiger partial charge in [0.15, 0.2) is 0 Å². The Hall–Kier alpha value is -2.52. The van der Waals surface area contributed by atoms with Crippen LogP contribution in [-0.4, -0.2) is 23.1 Å². The summed E-state index contributed by atoms with van der Waals surface area (Å²) in [5, 5.41) is 3.55. The average molecular weight is 331 g/mol. The van der Waals surface area contributed by atoms with E-state index in [4.69, 9.17) is 0 Å². The van der Waals surface area contributed by atoms with E-state index in [-0.39, 0.29) is 0 Å². The van der Waals surface area contributed by atoms with Crippen LogP contribution in [0, 0.1) is 0 Å². The lowest BCUT2D eigenvalue weighted by molar-refractivity contribution is 0.588. The molecule has 0 aliphatic carbocycles. The molecule has 0 spiro atoms. The van der Waals surface area contributed by atoms with Gasteiger partial charge in [0.05, 0.1) is 5.69 Å². The first-order valence-electron chi connectivity index (χ1n) is 8.95. The van der Waals surface area contributed by atoms with Gasteiger partial charge in [0.25, 0.3) is 0 Å². The topological polar surface area (TPSA) is 37.8 Å². The van der Waals surface area contributed by atoms with E-state index in [1.165, 1.54) is 5.56 Å². The van der Waals surface area contributed by atoms with Crippen molar-refractivity contribution in [1.29, 1.82) is 0 Å². The number of nitrogens with zero attached hydrogens (tertiary/aromatic N) is 2. The van der Waals surface area contributed by atoms with Crippen LogP contribution in [0.25, 0.3) is 11.3 Å². The Bertz CT molecular complexity index is 739. The van der Waals surface area contributed by atoms with E-state index in [1.807, 2.05) is 30.6 Å². The summed E-state index contributed by atoms with van der Waals surface area (Å²) in [4.78, 5) is 8.99. The maximum absolute atomic E-state index is 4.62. The Morgan fingerprint density at radius 2 is 1.76 bits per heavy atom. The molecule has 25 heavy (non-hydrogen) atoms. The van der Waals surface area contributed by atoms with Gasteiger partial charge < -0.3 is 5.32 Å². The molecule has 1 unspecified atom stereocenters. The highest BCUT2D eigenvalue weighted by Crippen LogP contribution is 2.18. The van der Waals surface area contributed by atoms with Crippen molar-refractivity contribution < 1.29 is 0 Å². The van der Waals surface area contributed by atoms with Crippen molar-refractivity contribution in [2.45, 2.75) is 25.7 Å². The molecule has 2 aromatic heterocycles. The van der Waals surface area contributed by atoms with Gasteiger partial charge in [0.1, 0.15) is 0 Å². The monoisotopic (exact) mass is 331 g/mol. The number of benzene rings is 1. The van der Waals surface area contributed by atoms with Crippen LogP contribution >= 0.6 is 0 Å². The van der Waals surface area contributed by atoms with Gasteiger partial charge in [-0.15, -0.1) is 0 Å². The molecule has 1 atom stereocenters. The summed E-state index contributed by atoms with van der Waals surface area (Å²) in [5.74, 6) is 0.398. The molecule has 128 valence electrons. The number of rotatable bonds is 8. The van der Waals surface area contributed by atoms with Crippen LogP contribution in [0.5, 0.6) is 0 Å². The molecule has 0 aliphatic rings. The predicted molar refractivity (Wildman–Crippen MR) is 104 cm³/mol. The van der Waals surface area contributed by atoms with E-state index in [0.29, 0.717) is 5.92 Å². The summed E-state index contributed by atoms with van der Waals surface area (Å²) < 4.78 is 0. The molecule has 2 heterocycles. The Labute approximate surface area is 150 Å². The maximum Gasteiger partial charge on any atom is 0.0717 e. The van der Waals surface area contributed by atoms with Gasteiger partial charge in [-0.3, -0.25) is 9.97 Å². The highest BCUT2D eigenvalue weighted by atomic mass is 14.9. The molecule has 1 aromatic carbocycles. The molecule has 3 aromatic rings. The molecule has 0 aliphatic heterocycles. The Morgan fingerprint density at radius 1 is 0.920 bits per heavy atom. The fourth-order valence-electron chi connectivity index (χ4n) is 2.87. The summed E-state index contributed by atoms with van der Waals surface area (Å²) >= 11 is 0. The van der Waals surface area contributed by atoms with Gasteiger partial charge in [-0.2, -0.15) is 0 Å². The number of nitrogens with one attached hydrogen (secondary N) is 1. The minimum Gasteiger partial charge on any atom is -0.316 e. The first-order valence-corrected chi connectivity index (χ1v) is 8.95. The molecule has 3 heteroatoms. The molecule has 0 amide bonds.